The first-order valence-electron chi connectivity index (χ1n) is 13.8. The van der Waals surface area contributed by atoms with Gasteiger partial charge in [-0.25, -0.2) is 0 Å². The van der Waals surface area contributed by atoms with Crippen LogP contribution in [-0.2, 0) is 14.9 Å². The highest BCUT2D eigenvalue weighted by Crippen LogP contribution is 2.14. The minimum atomic E-state index is -4.38. The Morgan fingerprint density at radius 1 is 0.676 bits per heavy atom. The van der Waals surface area contributed by atoms with Crippen molar-refractivity contribution in [1.82, 2.24) is 5.32 Å². The average molecular weight is 508 g/mol. The summed E-state index contributed by atoms with van der Waals surface area (Å²) in [5, 5.41) is 23.1. The summed E-state index contributed by atoms with van der Waals surface area (Å²) >= 11 is 0. The first-order chi connectivity index (χ1) is 16.2. The Labute approximate surface area is 209 Å². The second-order valence-electron chi connectivity index (χ2n) is 9.83. The summed E-state index contributed by atoms with van der Waals surface area (Å²) in [5.41, 5.74) is 0. The highest BCUT2D eigenvalue weighted by atomic mass is 32.2. The summed E-state index contributed by atoms with van der Waals surface area (Å²) in [4.78, 5) is 12.4. The molecule has 0 radical (unpaired) electrons. The highest BCUT2D eigenvalue weighted by molar-refractivity contribution is 7.85. The van der Waals surface area contributed by atoms with E-state index < -0.39 is 40.0 Å². The number of amides is 1. The summed E-state index contributed by atoms with van der Waals surface area (Å²) in [6, 6.07) is -1.13. The standard InChI is InChI=1S/C26H53NO6S/c1-3-5-7-9-11-13-15-16-18-20-24(28)23(22-34(31,32)33)27-26(30)25(29)21-19-17-14-12-10-8-6-4-2/h23-25,28-29H,3-22H2,1-2H3,(H,27,30)(H,31,32,33). The lowest BCUT2D eigenvalue weighted by Gasteiger charge is -2.24. The van der Waals surface area contributed by atoms with Crippen molar-refractivity contribution in [3.63, 3.8) is 0 Å². The van der Waals surface area contributed by atoms with E-state index in [-0.39, 0.29) is 0 Å². The smallest absolute Gasteiger partial charge is 0.266 e. The zero-order chi connectivity index (χ0) is 25.7. The SMILES string of the molecule is CCCCCCCCCCCC(O)C(CS(=O)(=O)O)NC(=O)C(O)CCCCCCCCCC. The average Bonchev–Trinajstić information content (AvgIpc) is 2.78. The number of hydrogen-bond acceptors (Lipinski definition) is 5. The van der Waals surface area contributed by atoms with Crippen LogP contribution in [0, 0.1) is 0 Å². The number of nitrogens with one attached hydrogen (secondary N) is 1. The summed E-state index contributed by atoms with van der Waals surface area (Å²) in [6.07, 6.45) is 17.2. The number of carbonyl (C=O) groups excluding carboxylic acids is 1. The number of aliphatic hydroxyl groups is 2. The third-order valence-corrected chi connectivity index (χ3v) is 7.20. The van der Waals surface area contributed by atoms with E-state index in [1.54, 1.807) is 0 Å². The lowest BCUT2D eigenvalue weighted by Crippen LogP contribution is -2.50. The van der Waals surface area contributed by atoms with Crippen molar-refractivity contribution in [1.29, 1.82) is 0 Å². The zero-order valence-electron chi connectivity index (χ0n) is 21.8. The Balaban J connectivity index is 4.27. The molecule has 0 aliphatic heterocycles. The van der Waals surface area contributed by atoms with Crippen molar-refractivity contribution in [2.45, 2.75) is 154 Å². The quantitative estimate of drug-likeness (QED) is 0.101. The first-order valence-corrected chi connectivity index (χ1v) is 15.4. The van der Waals surface area contributed by atoms with Gasteiger partial charge in [0, 0.05) is 0 Å². The van der Waals surface area contributed by atoms with Crippen LogP contribution in [0.3, 0.4) is 0 Å². The van der Waals surface area contributed by atoms with Gasteiger partial charge in [-0.3, -0.25) is 9.35 Å². The molecule has 0 aliphatic rings. The van der Waals surface area contributed by atoms with Crippen LogP contribution in [0.15, 0.2) is 0 Å². The summed E-state index contributed by atoms with van der Waals surface area (Å²) < 4.78 is 32.0. The lowest BCUT2D eigenvalue weighted by molar-refractivity contribution is -0.131. The largest absolute Gasteiger partial charge is 0.391 e. The molecule has 0 aromatic carbocycles. The predicted molar refractivity (Wildman–Crippen MR) is 139 cm³/mol. The molecular formula is C26H53NO6S. The maximum Gasteiger partial charge on any atom is 0.266 e. The Bertz CT molecular complexity index is 584. The maximum atomic E-state index is 12.4. The third-order valence-electron chi connectivity index (χ3n) is 6.42. The van der Waals surface area contributed by atoms with Gasteiger partial charge in [-0.1, -0.05) is 123 Å². The minimum Gasteiger partial charge on any atom is -0.391 e. The fraction of sp³-hybridized carbons (Fsp3) is 0.962. The number of hydrogen-bond donors (Lipinski definition) is 4. The molecule has 0 heterocycles. The highest BCUT2D eigenvalue weighted by Gasteiger charge is 2.28. The van der Waals surface area contributed by atoms with Crippen molar-refractivity contribution >= 4 is 16.0 Å². The molecule has 0 aromatic rings. The monoisotopic (exact) mass is 507 g/mol. The van der Waals surface area contributed by atoms with E-state index in [2.05, 4.69) is 19.2 Å². The molecule has 3 atom stereocenters. The van der Waals surface area contributed by atoms with Crippen LogP contribution in [-0.4, -0.2) is 53.1 Å². The summed E-state index contributed by atoms with van der Waals surface area (Å²) in [6.45, 7) is 4.38. The van der Waals surface area contributed by atoms with Crippen molar-refractivity contribution in [2.75, 3.05) is 5.75 Å². The molecule has 0 aromatic heterocycles. The maximum absolute atomic E-state index is 12.4. The molecule has 0 fully saturated rings. The third kappa shape index (κ3) is 20.7. The van der Waals surface area contributed by atoms with Crippen LogP contribution < -0.4 is 5.32 Å². The fourth-order valence-corrected chi connectivity index (χ4v) is 4.98. The van der Waals surface area contributed by atoms with Crippen LogP contribution in [0.2, 0.25) is 0 Å². The van der Waals surface area contributed by atoms with Crippen LogP contribution in [0.1, 0.15) is 136 Å². The van der Waals surface area contributed by atoms with Crippen molar-refractivity contribution in [3.05, 3.63) is 0 Å². The van der Waals surface area contributed by atoms with Gasteiger partial charge in [0.1, 0.15) is 6.10 Å². The predicted octanol–water partition coefficient (Wildman–Crippen LogP) is 5.53. The topological polar surface area (TPSA) is 124 Å². The molecule has 204 valence electrons. The second kappa shape index (κ2) is 21.6. The normalized spacial score (nSPS) is 14.6. The second-order valence-corrected chi connectivity index (χ2v) is 11.3. The number of aliphatic hydroxyl groups excluding tert-OH is 2. The van der Waals surface area contributed by atoms with Crippen LogP contribution >= 0.6 is 0 Å². The summed E-state index contributed by atoms with van der Waals surface area (Å²) in [5.74, 6) is -1.45. The van der Waals surface area contributed by atoms with Crippen LogP contribution in [0.4, 0.5) is 0 Å². The molecule has 0 aliphatic carbocycles. The van der Waals surface area contributed by atoms with E-state index in [1.165, 1.54) is 57.8 Å². The van der Waals surface area contributed by atoms with E-state index in [0.29, 0.717) is 19.3 Å². The van der Waals surface area contributed by atoms with Gasteiger partial charge in [-0.05, 0) is 12.8 Å². The van der Waals surface area contributed by atoms with Gasteiger partial charge in [0.2, 0.25) is 5.91 Å². The minimum absolute atomic E-state index is 0.299. The molecule has 0 saturated heterocycles. The number of carbonyl (C=O) groups is 1. The molecular weight excluding hydrogens is 454 g/mol. The van der Waals surface area contributed by atoms with Gasteiger partial charge in [0.15, 0.2) is 0 Å². The van der Waals surface area contributed by atoms with Gasteiger partial charge in [0.25, 0.3) is 10.1 Å². The van der Waals surface area contributed by atoms with Gasteiger partial charge in [-0.2, -0.15) is 8.42 Å². The lowest BCUT2D eigenvalue weighted by atomic mass is 10.0. The summed E-state index contributed by atoms with van der Waals surface area (Å²) in [7, 11) is -4.38. The van der Waals surface area contributed by atoms with Crippen LogP contribution in [0.5, 0.6) is 0 Å². The van der Waals surface area contributed by atoms with E-state index in [4.69, 9.17) is 0 Å². The molecule has 34 heavy (non-hydrogen) atoms. The van der Waals surface area contributed by atoms with Gasteiger partial charge >= 0.3 is 0 Å². The van der Waals surface area contributed by atoms with Crippen LogP contribution in [0.25, 0.3) is 0 Å². The van der Waals surface area contributed by atoms with E-state index in [0.717, 1.165) is 44.9 Å². The zero-order valence-corrected chi connectivity index (χ0v) is 22.7. The molecule has 0 saturated carbocycles. The van der Waals surface area contributed by atoms with E-state index in [1.807, 2.05) is 0 Å². The molecule has 7 nitrogen and oxygen atoms in total. The Kier molecular flexibility index (Phi) is 21.1. The van der Waals surface area contributed by atoms with Gasteiger partial charge < -0.3 is 15.5 Å². The molecule has 1 amide bonds. The number of rotatable bonds is 24. The first kappa shape index (κ1) is 33.3. The Morgan fingerprint density at radius 2 is 1.06 bits per heavy atom. The molecule has 0 bridgehead atoms. The van der Waals surface area contributed by atoms with Crippen molar-refractivity contribution in [2.24, 2.45) is 0 Å². The van der Waals surface area contributed by atoms with Gasteiger partial charge in [-0.15, -0.1) is 0 Å². The van der Waals surface area contributed by atoms with E-state index in [9.17, 15) is 28.0 Å². The van der Waals surface area contributed by atoms with Crippen molar-refractivity contribution in [3.8, 4) is 0 Å². The molecule has 0 spiro atoms. The van der Waals surface area contributed by atoms with E-state index >= 15 is 0 Å². The van der Waals surface area contributed by atoms with Gasteiger partial charge in [0.05, 0.1) is 17.9 Å². The molecule has 4 N–H and O–H groups in total. The molecule has 8 heteroatoms. The Morgan fingerprint density at radius 3 is 1.47 bits per heavy atom. The molecule has 0 rings (SSSR count). The fourth-order valence-electron chi connectivity index (χ4n) is 4.22. The molecule has 3 unspecified atom stereocenters. The number of unbranched alkanes of at least 4 members (excludes halogenated alkanes) is 15. The van der Waals surface area contributed by atoms with Crippen molar-refractivity contribution < 1.29 is 28.0 Å². The Hall–Kier alpha value is -0.700.